The molecule has 1 aliphatic rings. The molecule has 1 atom stereocenters. The molecule has 0 bridgehead atoms. The second-order valence-corrected chi connectivity index (χ2v) is 9.17. The number of nitrogens with zero attached hydrogens (tertiary/aromatic N) is 5. The minimum absolute atomic E-state index is 0.0143. The van der Waals surface area contributed by atoms with Gasteiger partial charge < -0.3 is 14.7 Å². The van der Waals surface area contributed by atoms with Crippen LogP contribution >= 0.6 is 11.3 Å². The summed E-state index contributed by atoms with van der Waals surface area (Å²) in [5, 5.41) is 15.4. The van der Waals surface area contributed by atoms with Crippen molar-refractivity contribution in [3.8, 4) is 11.6 Å². The normalized spacial score (nSPS) is 15.7. The second kappa shape index (κ2) is 9.19. The molecule has 3 heterocycles. The molecule has 1 saturated heterocycles. The fraction of sp³-hybridized carbons (Fsp3) is 0.333. The predicted molar refractivity (Wildman–Crippen MR) is 127 cm³/mol. The third-order valence-electron chi connectivity index (χ3n) is 6.18. The van der Waals surface area contributed by atoms with Gasteiger partial charge in [0.15, 0.2) is 17.5 Å². The van der Waals surface area contributed by atoms with E-state index in [1.165, 1.54) is 21.9 Å². The summed E-state index contributed by atoms with van der Waals surface area (Å²) < 4.78 is 34.6. The molecular weight excluding hydrogens is 460 g/mol. The van der Waals surface area contributed by atoms with Gasteiger partial charge >= 0.3 is 0 Å². The molecule has 0 aliphatic carbocycles. The van der Waals surface area contributed by atoms with Gasteiger partial charge in [-0.25, -0.2) is 13.8 Å². The van der Waals surface area contributed by atoms with Crippen molar-refractivity contribution in [3.63, 3.8) is 0 Å². The summed E-state index contributed by atoms with van der Waals surface area (Å²) in [6, 6.07) is 11.4. The van der Waals surface area contributed by atoms with Crippen molar-refractivity contribution in [1.29, 1.82) is 0 Å². The topological polar surface area (TPSA) is 66.1 Å². The number of fused-ring (bicyclic) bond motifs is 1. The van der Waals surface area contributed by atoms with Crippen molar-refractivity contribution >= 4 is 22.0 Å². The van der Waals surface area contributed by atoms with Crippen LogP contribution in [0.3, 0.4) is 0 Å². The molecule has 0 radical (unpaired) electrons. The molecular formula is C24H25F2N5O2S. The van der Waals surface area contributed by atoms with Crippen LogP contribution in [0.4, 0.5) is 14.5 Å². The Balaban J connectivity index is 1.46. The van der Waals surface area contributed by atoms with E-state index >= 15 is 0 Å². The maximum atomic E-state index is 14.2. The summed E-state index contributed by atoms with van der Waals surface area (Å²) in [5.41, 5.74) is 1.67. The Hall–Kier alpha value is -3.24. The van der Waals surface area contributed by atoms with Crippen molar-refractivity contribution < 1.29 is 18.6 Å². The zero-order chi connectivity index (χ0) is 23.8. The summed E-state index contributed by atoms with van der Waals surface area (Å²) in [4.78, 5) is 10.1. The Labute approximate surface area is 199 Å². The van der Waals surface area contributed by atoms with E-state index in [9.17, 15) is 13.9 Å². The Kier molecular flexibility index (Phi) is 6.09. The molecule has 0 unspecified atom stereocenters. The molecule has 5 rings (SSSR count). The first-order valence-electron chi connectivity index (χ1n) is 11.1. The average molecular weight is 486 g/mol. The van der Waals surface area contributed by atoms with Crippen LogP contribution < -0.4 is 9.64 Å². The number of benzene rings is 2. The smallest absolute Gasteiger partial charge is 0.230 e. The number of aryl methyl sites for hydroxylation is 1. The van der Waals surface area contributed by atoms with Crippen molar-refractivity contribution in [2.75, 3.05) is 38.2 Å². The highest BCUT2D eigenvalue weighted by molar-refractivity contribution is 7.17. The predicted octanol–water partition coefficient (Wildman–Crippen LogP) is 4.26. The van der Waals surface area contributed by atoms with Crippen LogP contribution in [0.15, 0.2) is 42.5 Å². The summed E-state index contributed by atoms with van der Waals surface area (Å²) in [7, 11) is 1.64. The van der Waals surface area contributed by atoms with Crippen molar-refractivity contribution in [2.45, 2.75) is 19.4 Å². The van der Waals surface area contributed by atoms with E-state index in [1.54, 1.807) is 13.2 Å². The van der Waals surface area contributed by atoms with Crippen LogP contribution in [0.1, 0.15) is 29.2 Å². The highest BCUT2D eigenvalue weighted by Crippen LogP contribution is 2.40. The van der Waals surface area contributed by atoms with Crippen molar-refractivity contribution in [1.82, 2.24) is 19.5 Å². The molecule has 10 heteroatoms. The molecule has 0 saturated carbocycles. The van der Waals surface area contributed by atoms with E-state index in [0.717, 1.165) is 30.6 Å². The molecule has 178 valence electrons. The lowest BCUT2D eigenvalue weighted by atomic mass is 10.0. The lowest BCUT2D eigenvalue weighted by Gasteiger charge is -2.40. The summed E-state index contributed by atoms with van der Waals surface area (Å²) in [5.74, 6) is -0.373. The number of hydrogen-bond donors (Lipinski definition) is 1. The number of hydrogen-bond acceptors (Lipinski definition) is 7. The Bertz CT molecular complexity index is 1300. The molecule has 2 aromatic heterocycles. The number of thiazole rings is 1. The van der Waals surface area contributed by atoms with Gasteiger partial charge in [-0.1, -0.05) is 24.3 Å². The number of rotatable bonds is 6. The van der Waals surface area contributed by atoms with E-state index in [4.69, 9.17) is 4.74 Å². The highest BCUT2D eigenvalue weighted by Gasteiger charge is 2.32. The molecule has 1 N–H and O–H groups in total. The van der Waals surface area contributed by atoms with Gasteiger partial charge in [-0.05, 0) is 42.0 Å². The lowest BCUT2D eigenvalue weighted by molar-refractivity contribution is 0.210. The fourth-order valence-electron chi connectivity index (χ4n) is 4.36. The summed E-state index contributed by atoms with van der Waals surface area (Å²) in [6.07, 6.45) is 0.656. The minimum atomic E-state index is -0.911. The van der Waals surface area contributed by atoms with Crippen LogP contribution in [0.5, 0.6) is 11.6 Å². The van der Waals surface area contributed by atoms with Gasteiger partial charge in [-0.15, -0.1) is 5.10 Å². The number of aromatic nitrogens is 3. The first-order valence-corrected chi connectivity index (χ1v) is 12.0. The zero-order valence-corrected chi connectivity index (χ0v) is 19.7. The maximum absolute atomic E-state index is 14.2. The number of aromatic hydroxyl groups is 1. The highest BCUT2D eigenvalue weighted by atomic mass is 32.1. The first kappa shape index (κ1) is 22.5. The second-order valence-electron chi connectivity index (χ2n) is 8.16. The van der Waals surface area contributed by atoms with E-state index in [1.807, 2.05) is 31.2 Å². The van der Waals surface area contributed by atoms with Crippen LogP contribution in [-0.2, 0) is 6.42 Å². The number of methoxy groups -OCH3 is 1. The maximum Gasteiger partial charge on any atom is 0.230 e. The Morgan fingerprint density at radius 3 is 2.41 bits per heavy atom. The SMILES string of the molecule is CCc1nc2sc([C@H](c3ccc(F)c(F)c3)N3CCN(c4ccc(OC)cc4)CC3)c(O)n2n1. The van der Waals surface area contributed by atoms with Crippen molar-refractivity contribution in [2.24, 2.45) is 0 Å². The van der Waals surface area contributed by atoms with Crippen LogP contribution in [0.2, 0.25) is 0 Å². The summed E-state index contributed by atoms with van der Waals surface area (Å²) >= 11 is 1.32. The zero-order valence-electron chi connectivity index (χ0n) is 18.9. The van der Waals surface area contributed by atoms with E-state index < -0.39 is 17.7 Å². The molecule has 2 aromatic carbocycles. The van der Waals surface area contributed by atoms with E-state index in [0.29, 0.717) is 40.7 Å². The number of anilines is 1. The molecule has 0 spiro atoms. The van der Waals surface area contributed by atoms with Crippen LogP contribution in [-0.4, -0.2) is 57.9 Å². The first-order chi connectivity index (χ1) is 16.5. The quantitative estimate of drug-likeness (QED) is 0.440. The molecule has 4 aromatic rings. The Morgan fingerprint density at radius 1 is 1.06 bits per heavy atom. The summed E-state index contributed by atoms with van der Waals surface area (Å²) in [6.45, 7) is 4.78. The van der Waals surface area contributed by atoms with Crippen molar-refractivity contribution in [3.05, 3.63) is 70.4 Å². The number of ether oxygens (including phenoxy) is 1. The number of piperazine rings is 1. The van der Waals surface area contributed by atoms with Crippen LogP contribution in [0.25, 0.3) is 4.96 Å². The monoisotopic (exact) mass is 485 g/mol. The van der Waals surface area contributed by atoms with Gasteiger partial charge in [0, 0.05) is 38.3 Å². The Morgan fingerprint density at radius 2 is 1.79 bits per heavy atom. The van der Waals surface area contributed by atoms with Gasteiger partial charge in [0.25, 0.3) is 0 Å². The van der Waals surface area contributed by atoms with Crippen LogP contribution in [0, 0.1) is 11.6 Å². The molecule has 1 aliphatic heterocycles. The van der Waals surface area contributed by atoms with Gasteiger partial charge in [0.05, 0.1) is 18.0 Å². The van der Waals surface area contributed by atoms with E-state index in [2.05, 4.69) is 19.9 Å². The minimum Gasteiger partial charge on any atom is -0.497 e. The average Bonchev–Trinajstić information content (AvgIpc) is 3.41. The molecule has 34 heavy (non-hydrogen) atoms. The molecule has 0 amide bonds. The van der Waals surface area contributed by atoms with Gasteiger partial charge in [-0.3, -0.25) is 4.90 Å². The molecule has 1 fully saturated rings. The standard InChI is InChI=1S/C24H25F2N5O2S/c1-3-20-27-24-31(28-20)23(32)22(34-24)21(15-4-9-18(25)19(26)14-15)30-12-10-29(11-13-30)16-5-7-17(33-2)8-6-16/h4-9,14,21,32H,3,10-13H2,1-2H3/t21-/m0/s1. The number of halogens is 2. The van der Waals surface area contributed by atoms with Gasteiger partial charge in [-0.2, -0.15) is 4.52 Å². The lowest BCUT2D eigenvalue weighted by Crippen LogP contribution is -2.47. The third-order valence-corrected chi connectivity index (χ3v) is 7.26. The largest absolute Gasteiger partial charge is 0.497 e. The molecule has 7 nitrogen and oxygen atoms in total. The fourth-order valence-corrected chi connectivity index (χ4v) is 5.50. The van der Waals surface area contributed by atoms with E-state index in [-0.39, 0.29) is 5.88 Å². The van der Waals surface area contributed by atoms with Gasteiger partial charge in [0.1, 0.15) is 5.75 Å². The third kappa shape index (κ3) is 4.07. The van der Waals surface area contributed by atoms with Gasteiger partial charge in [0.2, 0.25) is 10.8 Å².